The largest absolute Gasteiger partial charge is 0.397 e. The van der Waals surface area contributed by atoms with E-state index in [4.69, 9.17) is 17.3 Å². The van der Waals surface area contributed by atoms with Crippen molar-refractivity contribution in [1.82, 2.24) is 0 Å². The van der Waals surface area contributed by atoms with Gasteiger partial charge in [-0.25, -0.2) is 0 Å². The Morgan fingerprint density at radius 2 is 1.33 bits per heavy atom. The summed E-state index contributed by atoms with van der Waals surface area (Å²) >= 11 is 5.81. The summed E-state index contributed by atoms with van der Waals surface area (Å²) in [4.78, 5) is 24.9. The van der Waals surface area contributed by atoms with E-state index in [1.54, 1.807) is 0 Å². The predicted molar refractivity (Wildman–Crippen MR) is 119 cm³/mol. The molecule has 13 heteroatoms. The van der Waals surface area contributed by atoms with Crippen molar-refractivity contribution >= 4 is 60.5 Å². The number of hydrogen-bond acceptors (Lipinski definition) is 8. The third-order valence-electron chi connectivity index (χ3n) is 4.97. The highest BCUT2D eigenvalue weighted by Crippen LogP contribution is 2.40. The molecule has 0 radical (unpaired) electrons. The summed E-state index contributed by atoms with van der Waals surface area (Å²) < 4.78 is 66.0. The number of nitrogen functional groups attached to an aromatic ring is 1. The number of benzene rings is 3. The van der Waals surface area contributed by atoms with Crippen molar-refractivity contribution in [2.45, 2.75) is 9.79 Å². The fourth-order valence-corrected chi connectivity index (χ4v) is 5.19. The van der Waals surface area contributed by atoms with Crippen LogP contribution < -0.4 is 11.1 Å². The molecule has 1 aliphatic carbocycles. The smallest absolute Gasteiger partial charge is 0.296 e. The minimum absolute atomic E-state index is 0.000269. The van der Waals surface area contributed by atoms with E-state index in [0.717, 1.165) is 18.2 Å². The van der Waals surface area contributed by atoms with E-state index in [9.17, 15) is 35.5 Å². The summed E-state index contributed by atoms with van der Waals surface area (Å²) in [5, 5.41) is 2.36. The first kappa shape index (κ1) is 22.9. The Balaban J connectivity index is 2.01. The van der Waals surface area contributed by atoms with E-state index in [2.05, 4.69) is 5.32 Å². The molecule has 0 amide bonds. The van der Waals surface area contributed by atoms with Crippen LogP contribution in [-0.2, 0) is 20.2 Å². The molecular formula is C20H13ClN2O8S2. The molecule has 0 saturated heterocycles. The molecule has 0 unspecified atom stereocenters. The van der Waals surface area contributed by atoms with Gasteiger partial charge in [-0.1, -0.05) is 35.9 Å². The van der Waals surface area contributed by atoms with Crippen molar-refractivity contribution in [2.24, 2.45) is 0 Å². The van der Waals surface area contributed by atoms with Gasteiger partial charge in [-0.05, 0) is 24.3 Å². The number of anilines is 3. The number of carbonyl (C=O) groups excluding carboxylic acids is 2. The van der Waals surface area contributed by atoms with Crippen molar-refractivity contribution < 1.29 is 35.5 Å². The average molecular weight is 509 g/mol. The standard InChI is InChI=1S/C20H13ClN2O8S2/c21-12-6-5-9(7-14(12)32(26,27)28)23-13-8-15(33(29,30)31)18(22)17-16(13)19(24)10-3-1-2-4-11(10)20(17)25/h1-8,23H,22H2,(H,26,27,28)(H,29,30,31). The van der Waals surface area contributed by atoms with Crippen molar-refractivity contribution in [3.05, 3.63) is 75.8 Å². The lowest BCUT2D eigenvalue weighted by molar-refractivity contribution is 0.0980. The van der Waals surface area contributed by atoms with E-state index in [-0.39, 0.29) is 33.1 Å². The Labute approximate surface area is 192 Å². The average Bonchev–Trinajstić information content (AvgIpc) is 2.72. The summed E-state index contributed by atoms with van der Waals surface area (Å²) in [6.07, 6.45) is 0. The van der Waals surface area contributed by atoms with E-state index in [0.29, 0.717) is 0 Å². The van der Waals surface area contributed by atoms with Gasteiger partial charge in [-0.3, -0.25) is 18.7 Å². The molecule has 4 rings (SSSR count). The third-order valence-corrected chi connectivity index (χ3v) is 7.19. The monoisotopic (exact) mass is 508 g/mol. The molecule has 0 aliphatic heterocycles. The lowest BCUT2D eigenvalue weighted by atomic mass is 9.82. The number of nitrogens with one attached hydrogen (secondary N) is 1. The van der Waals surface area contributed by atoms with Crippen LogP contribution in [0.4, 0.5) is 17.1 Å². The van der Waals surface area contributed by atoms with Crippen molar-refractivity contribution in [3.8, 4) is 0 Å². The maximum absolute atomic E-state index is 13.2. The van der Waals surface area contributed by atoms with Gasteiger partial charge in [0, 0.05) is 16.8 Å². The highest BCUT2D eigenvalue weighted by molar-refractivity contribution is 7.86. The molecule has 0 atom stereocenters. The molecule has 5 N–H and O–H groups in total. The molecule has 0 spiro atoms. The Kier molecular flexibility index (Phi) is 5.30. The number of ketones is 2. The molecule has 170 valence electrons. The highest BCUT2D eigenvalue weighted by Gasteiger charge is 2.36. The molecule has 0 saturated carbocycles. The zero-order chi connectivity index (χ0) is 24.3. The molecule has 3 aromatic rings. The second kappa shape index (κ2) is 7.64. The van der Waals surface area contributed by atoms with Gasteiger partial charge in [0.2, 0.25) is 0 Å². The number of halogens is 1. The summed E-state index contributed by atoms with van der Waals surface area (Å²) in [6, 6.07) is 10.1. The maximum Gasteiger partial charge on any atom is 0.296 e. The SMILES string of the molecule is Nc1c(S(=O)(=O)O)cc(Nc2ccc(Cl)c(S(=O)(=O)O)c2)c2c1C(=O)c1ccccc1C2=O. The first-order valence-corrected chi connectivity index (χ1v) is 12.2. The van der Waals surface area contributed by atoms with Gasteiger partial charge >= 0.3 is 0 Å². The van der Waals surface area contributed by atoms with Crippen LogP contribution in [0, 0.1) is 0 Å². The quantitative estimate of drug-likeness (QED) is 0.236. The van der Waals surface area contributed by atoms with Gasteiger partial charge in [0.1, 0.15) is 9.79 Å². The van der Waals surface area contributed by atoms with Crippen LogP contribution in [0.1, 0.15) is 31.8 Å². The van der Waals surface area contributed by atoms with Crippen molar-refractivity contribution in [1.29, 1.82) is 0 Å². The number of nitrogens with two attached hydrogens (primary N) is 1. The summed E-state index contributed by atoms with van der Waals surface area (Å²) in [7, 11) is -9.64. The van der Waals surface area contributed by atoms with E-state index < -0.39 is 52.8 Å². The van der Waals surface area contributed by atoms with Crippen molar-refractivity contribution in [3.63, 3.8) is 0 Å². The maximum atomic E-state index is 13.2. The zero-order valence-corrected chi connectivity index (χ0v) is 18.6. The van der Waals surface area contributed by atoms with E-state index in [1.807, 2.05) is 0 Å². The topological polar surface area (TPSA) is 181 Å². The van der Waals surface area contributed by atoms with Crippen LogP contribution in [0.2, 0.25) is 5.02 Å². The Morgan fingerprint density at radius 3 is 1.88 bits per heavy atom. The minimum atomic E-state index is -4.92. The lowest BCUT2D eigenvalue weighted by Crippen LogP contribution is -2.25. The minimum Gasteiger partial charge on any atom is -0.397 e. The van der Waals surface area contributed by atoms with Gasteiger partial charge in [-0.2, -0.15) is 16.8 Å². The highest BCUT2D eigenvalue weighted by atomic mass is 35.5. The second-order valence-corrected chi connectivity index (χ2v) is 10.2. The number of rotatable bonds is 4. The van der Waals surface area contributed by atoms with Crippen LogP contribution in [0.25, 0.3) is 0 Å². The molecular weight excluding hydrogens is 496 g/mol. The molecule has 3 aromatic carbocycles. The van der Waals surface area contributed by atoms with Gasteiger partial charge in [0.15, 0.2) is 11.6 Å². The van der Waals surface area contributed by atoms with Crippen LogP contribution >= 0.6 is 11.6 Å². The normalized spacial score (nSPS) is 13.4. The summed E-state index contributed by atoms with van der Waals surface area (Å²) in [5.41, 5.74) is 4.35. The zero-order valence-electron chi connectivity index (χ0n) is 16.2. The second-order valence-electron chi connectivity index (χ2n) is 7.01. The molecule has 0 fully saturated rings. The first-order valence-electron chi connectivity index (χ1n) is 8.97. The van der Waals surface area contributed by atoms with E-state index in [1.165, 1.54) is 30.3 Å². The van der Waals surface area contributed by atoms with Gasteiger partial charge < -0.3 is 11.1 Å². The van der Waals surface area contributed by atoms with Gasteiger partial charge in [0.05, 0.1) is 27.5 Å². The van der Waals surface area contributed by atoms with Gasteiger partial charge in [-0.15, -0.1) is 0 Å². The number of hydrogen-bond donors (Lipinski definition) is 4. The van der Waals surface area contributed by atoms with Crippen LogP contribution in [0.5, 0.6) is 0 Å². The van der Waals surface area contributed by atoms with Gasteiger partial charge in [0.25, 0.3) is 20.2 Å². The third kappa shape index (κ3) is 3.87. The molecule has 1 aliphatic rings. The predicted octanol–water partition coefficient (Wildman–Crippen LogP) is 2.93. The Hall–Kier alpha value is -3.29. The van der Waals surface area contributed by atoms with E-state index >= 15 is 0 Å². The van der Waals surface area contributed by atoms with Crippen LogP contribution in [0.15, 0.2) is 58.3 Å². The fraction of sp³-hybridized carbons (Fsp3) is 0. The molecule has 10 nitrogen and oxygen atoms in total. The molecule has 33 heavy (non-hydrogen) atoms. The molecule has 0 aromatic heterocycles. The van der Waals surface area contributed by atoms with Crippen LogP contribution in [0.3, 0.4) is 0 Å². The van der Waals surface area contributed by atoms with Crippen LogP contribution in [-0.4, -0.2) is 37.5 Å². The first-order chi connectivity index (χ1) is 15.3. The fourth-order valence-electron chi connectivity index (χ4n) is 3.54. The Bertz CT molecular complexity index is 1600. The van der Waals surface area contributed by atoms with Crippen molar-refractivity contribution in [2.75, 3.05) is 11.1 Å². The molecule has 0 bridgehead atoms. The number of fused-ring (bicyclic) bond motifs is 2. The summed E-state index contributed by atoms with van der Waals surface area (Å²) in [5.74, 6) is -1.39. The lowest BCUT2D eigenvalue weighted by Gasteiger charge is -2.23. The number of carbonyl (C=O) groups is 2. The summed E-state index contributed by atoms with van der Waals surface area (Å²) in [6.45, 7) is 0. The Morgan fingerprint density at radius 1 is 0.788 bits per heavy atom. The molecule has 0 heterocycles.